The molecule has 0 aliphatic heterocycles. The van der Waals surface area contributed by atoms with Gasteiger partial charge < -0.3 is 26.0 Å². The van der Waals surface area contributed by atoms with Crippen LogP contribution in [0.5, 0.6) is 0 Å². The van der Waals surface area contributed by atoms with E-state index in [1.807, 2.05) is 0 Å². The van der Waals surface area contributed by atoms with Crippen LogP contribution in [-0.2, 0) is 9.53 Å². The molecule has 2 unspecified atom stereocenters. The highest BCUT2D eigenvalue weighted by atomic mass is 16.5. The summed E-state index contributed by atoms with van der Waals surface area (Å²) in [5.74, 6) is -0.647. The molecule has 0 spiro atoms. The van der Waals surface area contributed by atoms with Crippen LogP contribution in [0.1, 0.15) is 47.0 Å². The molecule has 0 aromatic rings. The topological polar surface area (TPSA) is 109 Å². The minimum Gasteiger partial charge on any atom is -0.461 e. The van der Waals surface area contributed by atoms with Crippen molar-refractivity contribution in [3.05, 3.63) is 12.3 Å². The smallest absolute Gasteiger partial charge is 0.354 e. The molecule has 1 fully saturated rings. The number of carbonyl (C=O) groups is 3. The van der Waals surface area contributed by atoms with Crippen LogP contribution in [0, 0.1) is 10.8 Å². The number of nitrogens with one attached hydrogen (secondary N) is 4. The Morgan fingerprint density at radius 1 is 1.15 bits per heavy atom. The van der Waals surface area contributed by atoms with Gasteiger partial charge in [-0.2, -0.15) is 0 Å². The molecule has 148 valence electrons. The number of urea groups is 2. The summed E-state index contributed by atoms with van der Waals surface area (Å²) in [5, 5.41) is 10.7. The summed E-state index contributed by atoms with van der Waals surface area (Å²) in [6, 6.07) is -0.778. The molecule has 0 radical (unpaired) electrons. The zero-order valence-electron chi connectivity index (χ0n) is 16.5. The lowest BCUT2D eigenvalue weighted by atomic mass is 9.62. The summed E-state index contributed by atoms with van der Waals surface area (Å²) in [6.45, 7) is 12.3. The molecule has 26 heavy (non-hydrogen) atoms. The maximum Gasteiger partial charge on any atom is 0.354 e. The Labute approximate surface area is 155 Å². The molecule has 8 nitrogen and oxygen atoms in total. The van der Waals surface area contributed by atoms with Crippen molar-refractivity contribution in [1.29, 1.82) is 0 Å². The standard InChI is InChI=1S/C18H32N4O4/c1-7-26-14(23)12(2)21-16(25)22-13-8-17(3,4)10-18(5,9-13)11-20-15(24)19-6/h13H,2,7-11H2,1,3-6H3,(H2,19,20,24)(H2,21,22,25). The van der Waals surface area contributed by atoms with Crippen LogP contribution in [0.4, 0.5) is 9.59 Å². The van der Waals surface area contributed by atoms with Crippen molar-refractivity contribution in [2.75, 3.05) is 20.2 Å². The van der Waals surface area contributed by atoms with Gasteiger partial charge in [-0.15, -0.1) is 0 Å². The number of amides is 4. The Balaban J connectivity index is 2.67. The summed E-state index contributed by atoms with van der Waals surface area (Å²) >= 11 is 0. The number of hydrogen-bond donors (Lipinski definition) is 4. The second-order valence-electron chi connectivity index (χ2n) is 7.99. The third-order valence-corrected chi connectivity index (χ3v) is 4.47. The normalized spacial score (nSPS) is 24.1. The zero-order chi connectivity index (χ0) is 20.0. The van der Waals surface area contributed by atoms with E-state index in [4.69, 9.17) is 4.74 Å². The van der Waals surface area contributed by atoms with E-state index in [0.29, 0.717) is 6.54 Å². The molecular weight excluding hydrogens is 336 g/mol. The van der Waals surface area contributed by atoms with E-state index in [1.54, 1.807) is 14.0 Å². The fourth-order valence-electron chi connectivity index (χ4n) is 3.88. The average molecular weight is 368 g/mol. The van der Waals surface area contributed by atoms with Gasteiger partial charge in [0.25, 0.3) is 0 Å². The second-order valence-corrected chi connectivity index (χ2v) is 7.99. The van der Waals surface area contributed by atoms with Gasteiger partial charge in [-0.25, -0.2) is 14.4 Å². The molecule has 0 bridgehead atoms. The van der Waals surface area contributed by atoms with Crippen LogP contribution in [-0.4, -0.2) is 44.3 Å². The lowest BCUT2D eigenvalue weighted by Gasteiger charge is -2.46. The van der Waals surface area contributed by atoms with Crippen LogP contribution in [0.2, 0.25) is 0 Å². The molecule has 0 aromatic heterocycles. The van der Waals surface area contributed by atoms with Crippen LogP contribution in [0.3, 0.4) is 0 Å². The van der Waals surface area contributed by atoms with Crippen molar-refractivity contribution in [2.45, 2.75) is 53.0 Å². The van der Waals surface area contributed by atoms with Gasteiger partial charge in [-0.05, 0) is 37.0 Å². The van der Waals surface area contributed by atoms with Gasteiger partial charge in [-0.1, -0.05) is 27.4 Å². The number of rotatable bonds is 6. The van der Waals surface area contributed by atoms with E-state index in [1.165, 1.54) is 0 Å². The highest BCUT2D eigenvalue weighted by molar-refractivity contribution is 5.92. The number of esters is 1. The average Bonchev–Trinajstić information content (AvgIpc) is 2.50. The minimum atomic E-state index is -0.647. The fourth-order valence-corrected chi connectivity index (χ4v) is 3.88. The second kappa shape index (κ2) is 8.91. The van der Waals surface area contributed by atoms with E-state index in [9.17, 15) is 14.4 Å². The Morgan fingerprint density at radius 3 is 2.38 bits per heavy atom. The molecule has 4 N–H and O–H groups in total. The van der Waals surface area contributed by atoms with Crippen molar-refractivity contribution in [2.24, 2.45) is 10.8 Å². The third-order valence-electron chi connectivity index (χ3n) is 4.47. The van der Waals surface area contributed by atoms with Crippen LogP contribution in [0.15, 0.2) is 12.3 Å². The van der Waals surface area contributed by atoms with Crippen LogP contribution >= 0.6 is 0 Å². The fraction of sp³-hybridized carbons (Fsp3) is 0.722. The molecular formula is C18H32N4O4. The molecule has 0 saturated heterocycles. The van der Waals surface area contributed by atoms with Gasteiger partial charge in [0.05, 0.1) is 6.61 Å². The Bertz CT molecular complexity index is 561. The third kappa shape index (κ3) is 6.93. The van der Waals surface area contributed by atoms with Crippen molar-refractivity contribution in [3.63, 3.8) is 0 Å². The molecule has 1 aliphatic carbocycles. The quantitative estimate of drug-likeness (QED) is 0.424. The molecule has 1 saturated carbocycles. The Kier molecular flexibility index (Phi) is 7.47. The summed E-state index contributed by atoms with van der Waals surface area (Å²) in [4.78, 5) is 35.2. The molecule has 1 aliphatic rings. The van der Waals surface area contributed by atoms with Crippen LogP contribution < -0.4 is 21.3 Å². The number of ether oxygens (including phenoxy) is 1. The maximum absolute atomic E-state index is 12.2. The highest BCUT2D eigenvalue weighted by Crippen LogP contribution is 2.45. The van der Waals surface area contributed by atoms with Gasteiger partial charge in [-0.3, -0.25) is 0 Å². The van der Waals surface area contributed by atoms with Crippen molar-refractivity contribution in [3.8, 4) is 0 Å². The monoisotopic (exact) mass is 368 g/mol. The Morgan fingerprint density at radius 2 is 1.81 bits per heavy atom. The van der Waals surface area contributed by atoms with Crippen molar-refractivity contribution < 1.29 is 19.1 Å². The van der Waals surface area contributed by atoms with Gasteiger partial charge in [0.2, 0.25) is 0 Å². The Hall–Kier alpha value is -2.25. The first-order chi connectivity index (χ1) is 12.0. The van der Waals surface area contributed by atoms with E-state index in [0.717, 1.165) is 19.3 Å². The summed E-state index contributed by atoms with van der Waals surface area (Å²) in [7, 11) is 1.58. The van der Waals surface area contributed by atoms with Gasteiger partial charge in [0.15, 0.2) is 0 Å². The van der Waals surface area contributed by atoms with E-state index < -0.39 is 12.0 Å². The predicted octanol–water partition coefficient (Wildman–Crippen LogP) is 1.88. The highest BCUT2D eigenvalue weighted by Gasteiger charge is 2.41. The number of carbonyl (C=O) groups excluding carboxylic acids is 3. The maximum atomic E-state index is 12.2. The minimum absolute atomic E-state index is 0.00741. The summed E-state index contributed by atoms with van der Waals surface area (Å²) in [5.41, 5.74) is -0.235. The van der Waals surface area contributed by atoms with Gasteiger partial charge in [0, 0.05) is 19.6 Å². The molecule has 1 rings (SSSR count). The van der Waals surface area contributed by atoms with Crippen molar-refractivity contribution in [1.82, 2.24) is 21.3 Å². The lowest BCUT2D eigenvalue weighted by Crippen LogP contribution is -2.52. The number of hydrogen-bond acceptors (Lipinski definition) is 4. The molecule has 0 aromatic carbocycles. The lowest BCUT2D eigenvalue weighted by molar-refractivity contribution is -0.138. The zero-order valence-corrected chi connectivity index (χ0v) is 16.5. The molecule has 2 atom stereocenters. The first-order valence-corrected chi connectivity index (χ1v) is 8.89. The van der Waals surface area contributed by atoms with Gasteiger partial charge in [0.1, 0.15) is 5.70 Å². The summed E-state index contributed by atoms with van der Waals surface area (Å²) < 4.78 is 4.80. The van der Waals surface area contributed by atoms with Gasteiger partial charge >= 0.3 is 18.0 Å². The molecule has 8 heteroatoms. The largest absolute Gasteiger partial charge is 0.461 e. The first kappa shape index (κ1) is 21.8. The van der Waals surface area contributed by atoms with E-state index in [-0.39, 0.29) is 35.2 Å². The van der Waals surface area contributed by atoms with Crippen molar-refractivity contribution >= 4 is 18.0 Å². The van der Waals surface area contributed by atoms with Crippen LogP contribution in [0.25, 0.3) is 0 Å². The SMILES string of the molecule is C=C(NC(=O)NC1CC(C)(C)CC(C)(CNC(=O)NC)C1)C(=O)OCC. The predicted molar refractivity (Wildman–Crippen MR) is 99.4 cm³/mol. The molecule has 4 amide bonds. The van der Waals surface area contributed by atoms with E-state index >= 15 is 0 Å². The van der Waals surface area contributed by atoms with E-state index in [2.05, 4.69) is 48.6 Å². The molecule has 0 heterocycles. The summed E-state index contributed by atoms with van der Waals surface area (Å²) in [6.07, 6.45) is 2.46. The first-order valence-electron chi connectivity index (χ1n) is 8.89.